The summed E-state index contributed by atoms with van der Waals surface area (Å²) in [5.74, 6) is -0.725. The van der Waals surface area contributed by atoms with Crippen LogP contribution < -0.4 is 5.32 Å². The number of likely N-dealkylation sites (N-methyl/N-ethyl adjacent to an activating group) is 1. The second-order valence-corrected chi connectivity index (χ2v) is 9.11. The number of carboxylic acid groups (broad SMARTS) is 1. The molecule has 32 heavy (non-hydrogen) atoms. The molecule has 7 heteroatoms. The first-order valence-corrected chi connectivity index (χ1v) is 11.9. The zero-order valence-corrected chi connectivity index (χ0v) is 19.2. The van der Waals surface area contributed by atoms with Gasteiger partial charge in [-0.25, -0.2) is 0 Å². The molecule has 0 fully saturated rings. The van der Waals surface area contributed by atoms with Crippen molar-refractivity contribution in [2.24, 2.45) is 5.92 Å². The van der Waals surface area contributed by atoms with E-state index in [1.54, 1.807) is 7.05 Å². The molecule has 0 amide bonds. The third kappa shape index (κ3) is 5.78. The van der Waals surface area contributed by atoms with Crippen LogP contribution in [0.15, 0.2) is 48.5 Å². The zero-order valence-electron chi connectivity index (χ0n) is 18.4. The number of fused-ring (bicyclic) bond motifs is 3. The monoisotopic (exact) mass is 455 g/mol. The van der Waals surface area contributed by atoms with Crippen LogP contribution in [0.4, 0.5) is 0 Å². The number of benzene rings is 2. The van der Waals surface area contributed by atoms with Gasteiger partial charge in [-0.05, 0) is 48.4 Å². The predicted octanol–water partition coefficient (Wildman–Crippen LogP) is 3.73. The molecule has 0 spiro atoms. The molecule has 1 unspecified atom stereocenters. The Hall–Kier alpha value is -2.64. The SMILES string of the molecule is CNC(CCSC[C@@H](CC(=O)OCC1c2ccccc2-c2ccccc21)C(C)=O)C(=O)O. The lowest BCUT2D eigenvalue weighted by Gasteiger charge is -2.17. The van der Waals surface area contributed by atoms with E-state index < -0.39 is 17.9 Å². The van der Waals surface area contributed by atoms with Crippen molar-refractivity contribution < 1.29 is 24.2 Å². The number of rotatable bonds is 12. The van der Waals surface area contributed by atoms with Gasteiger partial charge in [0.05, 0.1) is 6.42 Å². The molecular weight excluding hydrogens is 426 g/mol. The van der Waals surface area contributed by atoms with Gasteiger partial charge < -0.3 is 15.2 Å². The predicted molar refractivity (Wildman–Crippen MR) is 126 cm³/mol. The number of carboxylic acids is 1. The van der Waals surface area contributed by atoms with Gasteiger partial charge in [-0.1, -0.05) is 48.5 Å². The van der Waals surface area contributed by atoms with E-state index >= 15 is 0 Å². The molecule has 170 valence electrons. The Bertz CT molecular complexity index is 931. The van der Waals surface area contributed by atoms with Crippen molar-refractivity contribution in [3.63, 3.8) is 0 Å². The first kappa shape index (κ1) is 24.0. The normalized spacial score (nSPS) is 14.3. The lowest BCUT2D eigenvalue weighted by Crippen LogP contribution is -2.34. The lowest BCUT2D eigenvalue weighted by atomic mass is 9.98. The van der Waals surface area contributed by atoms with Gasteiger partial charge in [0.1, 0.15) is 18.4 Å². The molecule has 2 N–H and O–H groups in total. The first-order chi connectivity index (χ1) is 15.4. The van der Waals surface area contributed by atoms with Crippen LogP contribution >= 0.6 is 11.8 Å². The van der Waals surface area contributed by atoms with Crippen LogP contribution in [0.3, 0.4) is 0 Å². The number of ether oxygens (including phenoxy) is 1. The number of carbonyl (C=O) groups excluding carboxylic acids is 2. The summed E-state index contributed by atoms with van der Waals surface area (Å²) in [6.45, 7) is 1.72. The number of ketones is 1. The van der Waals surface area contributed by atoms with Crippen LogP contribution in [0, 0.1) is 5.92 Å². The average Bonchev–Trinajstić information content (AvgIpc) is 3.10. The van der Waals surface area contributed by atoms with Gasteiger partial charge in [-0.3, -0.25) is 14.4 Å². The molecule has 2 aromatic rings. The topological polar surface area (TPSA) is 92.7 Å². The molecule has 6 nitrogen and oxygen atoms in total. The summed E-state index contributed by atoms with van der Waals surface area (Å²) in [7, 11) is 1.61. The van der Waals surface area contributed by atoms with Gasteiger partial charge in [0.15, 0.2) is 0 Å². The molecule has 0 saturated carbocycles. The summed E-state index contributed by atoms with van der Waals surface area (Å²) in [6.07, 6.45) is 0.485. The molecule has 0 aromatic heterocycles. The van der Waals surface area contributed by atoms with Crippen molar-refractivity contribution >= 4 is 29.5 Å². The molecule has 1 aliphatic carbocycles. The van der Waals surface area contributed by atoms with Crippen molar-refractivity contribution in [2.75, 3.05) is 25.2 Å². The first-order valence-electron chi connectivity index (χ1n) is 10.7. The third-order valence-corrected chi connectivity index (χ3v) is 7.04. The molecule has 0 radical (unpaired) electrons. The van der Waals surface area contributed by atoms with Crippen LogP contribution in [0.5, 0.6) is 0 Å². The summed E-state index contributed by atoms with van der Waals surface area (Å²) in [4.78, 5) is 35.6. The molecule has 0 aliphatic heterocycles. The Morgan fingerprint density at radius 3 is 2.19 bits per heavy atom. The maximum atomic E-state index is 12.5. The molecule has 0 bridgehead atoms. The Morgan fingerprint density at radius 1 is 1.06 bits per heavy atom. The second kappa shape index (κ2) is 11.3. The smallest absolute Gasteiger partial charge is 0.320 e. The highest BCUT2D eigenvalue weighted by Crippen LogP contribution is 2.44. The number of Topliss-reactive ketones (excluding diaryl/α,β-unsaturated/α-hetero) is 1. The van der Waals surface area contributed by atoms with Gasteiger partial charge in [0.25, 0.3) is 0 Å². The number of esters is 1. The van der Waals surface area contributed by atoms with Crippen LogP contribution in [-0.2, 0) is 19.1 Å². The van der Waals surface area contributed by atoms with Crippen LogP contribution in [0.2, 0.25) is 0 Å². The number of aliphatic carboxylic acids is 1. The summed E-state index contributed by atoms with van der Waals surface area (Å²) >= 11 is 1.49. The maximum Gasteiger partial charge on any atom is 0.320 e. The number of nitrogens with one attached hydrogen (secondary N) is 1. The third-order valence-electron chi connectivity index (χ3n) is 5.88. The highest BCUT2D eigenvalue weighted by Gasteiger charge is 2.29. The Balaban J connectivity index is 1.53. The second-order valence-electron chi connectivity index (χ2n) is 7.96. The number of carbonyl (C=O) groups is 3. The maximum absolute atomic E-state index is 12.5. The molecule has 2 atom stereocenters. The summed E-state index contributed by atoms with van der Waals surface area (Å²) in [6, 6.07) is 15.7. The minimum atomic E-state index is -0.894. The molecule has 0 saturated heterocycles. The van der Waals surface area contributed by atoms with E-state index in [0.29, 0.717) is 17.9 Å². The van der Waals surface area contributed by atoms with E-state index in [1.807, 2.05) is 24.3 Å². The fraction of sp³-hybridized carbons (Fsp3) is 0.400. The molecule has 2 aromatic carbocycles. The van der Waals surface area contributed by atoms with Gasteiger partial charge in [0.2, 0.25) is 0 Å². The number of thioether (sulfide) groups is 1. The fourth-order valence-electron chi connectivity index (χ4n) is 4.01. The Morgan fingerprint density at radius 2 is 1.66 bits per heavy atom. The summed E-state index contributed by atoms with van der Waals surface area (Å²) < 4.78 is 5.63. The minimum absolute atomic E-state index is 0.00833. The Kier molecular flexibility index (Phi) is 8.47. The van der Waals surface area contributed by atoms with E-state index in [4.69, 9.17) is 9.84 Å². The van der Waals surface area contributed by atoms with Crippen LogP contribution in [0.25, 0.3) is 11.1 Å². The van der Waals surface area contributed by atoms with Crippen molar-refractivity contribution in [3.05, 3.63) is 59.7 Å². The molecule has 3 rings (SSSR count). The van der Waals surface area contributed by atoms with E-state index in [0.717, 1.165) is 11.1 Å². The highest BCUT2D eigenvalue weighted by atomic mass is 32.2. The van der Waals surface area contributed by atoms with Gasteiger partial charge in [-0.15, -0.1) is 0 Å². The zero-order chi connectivity index (χ0) is 23.1. The molecular formula is C25H29NO5S. The minimum Gasteiger partial charge on any atom is -0.480 e. The average molecular weight is 456 g/mol. The van der Waals surface area contributed by atoms with Crippen molar-refractivity contribution in [1.82, 2.24) is 5.32 Å². The van der Waals surface area contributed by atoms with Gasteiger partial charge in [-0.2, -0.15) is 11.8 Å². The Labute approximate surface area is 192 Å². The van der Waals surface area contributed by atoms with Crippen LogP contribution in [-0.4, -0.2) is 54.0 Å². The van der Waals surface area contributed by atoms with Crippen molar-refractivity contribution in [2.45, 2.75) is 31.7 Å². The van der Waals surface area contributed by atoms with Gasteiger partial charge >= 0.3 is 11.9 Å². The summed E-state index contributed by atoms with van der Waals surface area (Å²) in [5, 5.41) is 11.8. The van der Waals surface area contributed by atoms with Crippen LogP contribution in [0.1, 0.15) is 36.8 Å². The molecule has 1 aliphatic rings. The van der Waals surface area contributed by atoms with Crippen molar-refractivity contribution in [1.29, 1.82) is 0 Å². The standard InChI is InChI=1S/C25H29NO5S/c1-16(27)17(15-32-12-11-23(26-2)25(29)30)13-24(28)31-14-22-20-9-5-3-7-18(20)19-8-4-6-10-21(19)22/h3-10,17,22-23,26H,11-15H2,1-2H3,(H,29,30)/t17-,23?/m1/s1. The fourth-order valence-corrected chi connectivity index (χ4v) is 5.22. The van der Waals surface area contributed by atoms with Crippen molar-refractivity contribution in [3.8, 4) is 11.1 Å². The van der Waals surface area contributed by atoms with E-state index in [1.165, 1.54) is 29.8 Å². The highest BCUT2D eigenvalue weighted by molar-refractivity contribution is 7.99. The van der Waals surface area contributed by atoms with E-state index in [9.17, 15) is 14.4 Å². The number of hydrogen-bond donors (Lipinski definition) is 2. The molecule has 0 heterocycles. The number of hydrogen-bond acceptors (Lipinski definition) is 6. The largest absolute Gasteiger partial charge is 0.480 e. The van der Waals surface area contributed by atoms with E-state index in [-0.39, 0.29) is 30.7 Å². The van der Waals surface area contributed by atoms with E-state index in [2.05, 4.69) is 29.6 Å². The quantitative estimate of drug-likeness (QED) is 0.372. The summed E-state index contributed by atoms with van der Waals surface area (Å²) in [5.41, 5.74) is 4.64. The van der Waals surface area contributed by atoms with Gasteiger partial charge in [0, 0.05) is 17.6 Å². The lowest BCUT2D eigenvalue weighted by molar-refractivity contribution is -0.146.